The maximum atomic E-state index is 3.48. The summed E-state index contributed by atoms with van der Waals surface area (Å²) in [5.41, 5.74) is 0. The Morgan fingerprint density at radius 2 is 1.40 bits per heavy atom. The summed E-state index contributed by atoms with van der Waals surface area (Å²) in [6, 6.07) is 0. The number of halogens is 2. The molecule has 94 valence electrons. The molecule has 0 rings (SSSR count). The molecule has 3 heteroatoms. The lowest BCUT2D eigenvalue weighted by molar-refractivity contribution is -0.890. The largest absolute Gasteiger partial charge is 1.00 e. The van der Waals surface area contributed by atoms with Crippen molar-refractivity contribution in [3.63, 3.8) is 0 Å². The summed E-state index contributed by atoms with van der Waals surface area (Å²) in [5, 5.41) is 1.16. The Kier molecular flexibility index (Phi) is 13.9. The lowest BCUT2D eigenvalue weighted by atomic mass is 10.2. The highest BCUT2D eigenvalue weighted by Crippen LogP contribution is 2.07. The van der Waals surface area contributed by atoms with Crippen LogP contribution >= 0.6 is 15.9 Å². The molecule has 0 bridgehead atoms. The molecule has 0 aromatic carbocycles. The second-order valence-corrected chi connectivity index (χ2v) is 5.63. The third kappa shape index (κ3) is 12.9. The van der Waals surface area contributed by atoms with Crippen molar-refractivity contribution in [2.45, 2.75) is 45.4 Å². The van der Waals surface area contributed by atoms with Gasteiger partial charge in [-0.1, -0.05) is 35.7 Å². The molecule has 0 heterocycles. The average Bonchev–Trinajstić information content (AvgIpc) is 2.13. The minimum absolute atomic E-state index is 0. The fourth-order valence-electron chi connectivity index (χ4n) is 1.71. The third-order valence-electron chi connectivity index (χ3n) is 2.76. The van der Waals surface area contributed by atoms with E-state index in [0.29, 0.717) is 0 Å². The van der Waals surface area contributed by atoms with Crippen molar-refractivity contribution in [2.75, 3.05) is 32.5 Å². The van der Waals surface area contributed by atoms with E-state index < -0.39 is 0 Å². The van der Waals surface area contributed by atoms with E-state index in [-0.39, 0.29) is 17.0 Å². The first-order chi connectivity index (χ1) is 6.62. The number of nitrogens with zero attached hydrogens (tertiary/aromatic N) is 1. The van der Waals surface area contributed by atoms with Crippen molar-refractivity contribution < 1.29 is 21.5 Å². The number of rotatable bonds is 9. The van der Waals surface area contributed by atoms with Gasteiger partial charge in [0.1, 0.15) is 0 Å². The van der Waals surface area contributed by atoms with Gasteiger partial charge in [-0.3, -0.25) is 0 Å². The predicted molar refractivity (Wildman–Crippen MR) is 69.0 cm³/mol. The Morgan fingerprint density at radius 1 is 0.867 bits per heavy atom. The Bertz CT molecular complexity index is 127. The highest BCUT2D eigenvalue weighted by molar-refractivity contribution is 9.09. The average molecular weight is 345 g/mol. The van der Waals surface area contributed by atoms with Gasteiger partial charge in [-0.15, -0.1) is 0 Å². The van der Waals surface area contributed by atoms with E-state index in [4.69, 9.17) is 0 Å². The van der Waals surface area contributed by atoms with E-state index >= 15 is 0 Å². The molecule has 0 amide bonds. The molecule has 0 aromatic rings. The van der Waals surface area contributed by atoms with Crippen LogP contribution in [0.2, 0.25) is 0 Å². The lowest BCUT2D eigenvalue weighted by Gasteiger charge is -2.29. The molecule has 0 aliphatic rings. The van der Waals surface area contributed by atoms with Crippen molar-refractivity contribution in [1.29, 1.82) is 0 Å². The number of unbranched alkanes of at least 4 members (excludes halogenated alkanes) is 4. The Balaban J connectivity index is 0. The lowest BCUT2D eigenvalue weighted by Crippen LogP contribution is -3.00. The van der Waals surface area contributed by atoms with Gasteiger partial charge in [0.25, 0.3) is 0 Å². The Hall–Kier alpha value is 0.920. The second-order valence-electron chi connectivity index (χ2n) is 4.84. The summed E-state index contributed by atoms with van der Waals surface area (Å²) < 4.78 is 1.21. The molecule has 0 atom stereocenters. The summed E-state index contributed by atoms with van der Waals surface area (Å²) in [5.74, 6) is 0. The first-order valence-corrected chi connectivity index (χ1v) is 7.12. The highest BCUT2D eigenvalue weighted by Gasteiger charge is 2.12. The maximum absolute atomic E-state index is 3.48. The zero-order chi connectivity index (χ0) is 10.9. The SMILES string of the molecule is CCCCCC[N+](C)(C)CCCCBr.[Br-]. The summed E-state index contributed by atoms with van der Waals surface area (Å²) >= 11 is 3.48. The zero-order valence-corrected chi connectivity index (χ0v) is 13.7. The smallest absolute Gasteiger partial charge is 0.0782 e. The van der Waals surface area contributed by atoms with Gasteiger partial charge in [0.2, 0.25) is 0 Å². The van der Waals surface area contributed by atoms with Crippen LogP contribution in [-0.2, 0) is 0 Å². The third-order valence-corrected chi connectivity index (χ3v) is 3.32. The number of hydrogen-bond donors (Lipinski definition) is 0. The van der Waals surface area contributed by atoms with Crippen LogP contribution in [0.15, 0.2) is 0 Å². The van der Waals surface area contributed by atoms with Crippen LogP contribution in [0.4, 0.5) is 0 Å². The molecule has 0 saturated carbocycles. The normalized spacial score (nSPS) is 11.2. The summed E-state index contributed by atoms with van der Waals surface area (Å²) in [6.45, 7) is 4.95. The quantitative estimate of drug-likeness (QED) is 0.330. The fourth-order valence-corrected chi connectivity index (χ4v) is 2.11. The highest BCUT2D eigenvalue weighted by atomic mass is 79.9. The standard InChI is InChI=1S/C12H27BrN.BrH/c1-4-5-6-8-11-14(2,3)12-9-7-10-13;/h4-12H2,1-3H3;1H/q+1;/p-1. The first kappa shape index (κ1) is 18.3. The van der Waals surface area contributed by atoms with E-state index in [2.05, 4.69) is 36.9 Å². The van der Waals surface area contributed by atoms with Crippen LogP contribution < -0.4 is 17.0 Å². The summed E-state index contributed by atoms with van der Waals surface area (Å²) in [7, 11) is 4.72. The van der Waals surface area contributed by atoms with Gasteiger partial charge in [-0.25, -0.2) is 0 Å². The zero-order valence-electron chi connectivity index (χ0n) is 10.6. The van der Waals surface area contributed by atoms with Gasteiger partial charge >= 0.3 is 0 Å². The number of alkyl halides is 1. The van der Waals surface area contributed by atoms with Gasteiger partial charge in [-0.05, 0) is 25.7 Å². The minimum atomic E-state index is 0. The van der Waals surface area contributed by atoms with E-state index in [1.165, 1.54) is 56.1 Å². The van der Waals surface area contributed by atoms with E-state index in [1.54, 1.807) is 0 Å². The predicted octanol–water partition coefficient (Wildman–Crippen LogP) is 0.822. The van der Waals surface area contributed by atoms with Gasteiger partial charge in [0, 0.05) is 5.33 Å². The fraction of sp³-hybridized carbons (Fsp3) is 1.00. The molecule has 1 nitrogen and oxygen atoms in total. The maximum Gasteiger partial charge on any atom is 0.0782 e. The molecule has 0 radical (unpaired) electrons. The van der Waals surface area contributed by atoms with Crippen LogP contribution in [0.3, 0.4) is 0 Å². The first-order valence-electron chi connectivity index (χ1n) is 6.00. The van der Waals surface area contributed by atoms with Crippen LogP contribution in [0.5, 0.6) is 0 Å². The van der Waals surface area contributed by atoms with E-state index in [1.807, 2.05) is 0 Å². The molecular weight excluding hydrogens is 318 g/mol. The van der Waals surface area contributed by atoms with Crippen molar-refractivity contribution in [3.05, 3.63) is 0 Å². The molecular formula is C12H27Br2N. The van der Waals surface area contributed by atoms with Gasteiger partial charge in [0.15, 0.2) is 0 Å². The Morgan fingerprint density at radius 3 is 1.87 bits per heavy atom. The molecule has 0 aliphatic carbocycles. The minimum Gasteiger partial charge on any atom is -1.00 e. The second kappa shape index (κ2) is 11.4. The van der Waals surface area contributed by atoms with Gasteiger partial charge in [-0.2, -0.15) is 0 Å². The molecule has 0 unspecified atom stereocenters. The van der Waals surface area contributed by atoms with Crippen LogP contribution in [0.25, 0.3) is 0 Å². The van der Waals surface area contributed by atoms with Crippen LogP contribution in [0.1, 0.15) is 45.4 Å². The van der Waals surface area contributed by atoms with Gasteiger partial charge in [0.05, 0.1) is 27.2 Å². The van der Waals surface area contributed by atoms with E-state index in [0.717, 1.165) is 5.33 Å². The number of quaternary nitrogens is 1. The van der Waals surface area contributed by atoms with Gasteiger partial charge < -0.3 is 21.5 Å². The van der Waals surface area contributed by atoms with Crippen LogP contribution in [0, 0.1) is 0 Å². The molecule has 0 N–H and O–H groups in total. The van der Waals surface area contributed by atoms with Crippen molar-refractivity contribution >= 4 is 15.9 Å². The molecule has 0 fully saturated rings. The molecule has 15 heavy (non-hydrogen) atoms. The topological polar surface area (TPSA) is 0 Å². The van der Waals surface area contributed by atoms with E-state index in [9.17, 15) is 0 Å². The molecule has 0 saturated heterocycles. The molecule has 0 spiro atoms. The van der Waals surface area contributed by atoms with Crippen molar-refractivity contribution in [2.24, 2.45) is 0 Å². The number of hydrogen-bond acceptors (Lipinski definition) is 0. The summed E-state index contributed by atoms with van der Waals surface area (Å²) in [6.07, 6.45) is 8.23. The molecule has 0 aromatic heterocycles. The van der Waals surface area contributed by atoms with Crippen LogP contribution in [-0.4, -0.2) is 37.0 Å². The van der Waals surface area contributed by atoms with Crippen molar-refractivity contribution in [1.82, 2.24) is 0 Å². The monoisotopic (exact) mass is 343 g/mol. The summed E-state index contributed by atoms with van der Waals surface area (Å²) in [4.78, 5) is 0. The Labute approximate surface area is 115 Å². The molecule has 0 aliphatic heterocycles. The van der Waals surface area contributed by atoms with Crippen molar-refractivity contribution in [3.8, 4) is 0 Å².